The fourth-order valence-corrected chi connectivity index (χ4v) is 2.37. The molecule has 1 N–H and O–H groups in total. The molecule has 1 rings (SSSR count). The molecule has 1 atom stereocenters. The van der Waals surface area contributed by atoms with Crippen LogP contribution in [0.5, 0.6) is 0 Å². The maximum absolute atomic E-state index is 5.78. The molecule has 0 saturated carbocycles. The van der Waals surface area contributed by atoms with E-state index in [-0.39, 0.29) is 0 Å². The predicted octanol–water partition coefficient (Wildman–Crippen LogP) is 3.67. The molecule has 0 heterocycles. The quantitative estimate of drug-likeness (QED) is 0.714. The number of allylic oxidation sites excluding steroid dienone is 1. The molecule has 1 aliphatic carbocycles. The van der Waals surface area contributed by atoms with Crippen LogP contribution in [-0.2, 0) is 4.74 Å². The summed E-state index contributed by atoms with van der Waals surface area (Å²) in [5, 5.41) is 3.56. The van der Waals surface area contributed by atoms with Crippen LogP contribution in [0.15, 0.2) is 11.6 Å². The van der Waals surface area contributed by atoms with Crippen LogP contribution in [-0.4, -0.2) is 25.3 Å². The van der Waals surface area contributed by atoms with Gasteiger partial charge < -0.3 is 10.1 Å². The number of likely N-dealkylation sites (N-methyl/N-ethyl adjacent to an activating group) is 1. The molecule has 1 aliphatic rings. The Kier molecular flexibility index (Phi) is 7.54. The third-order valence-corrected chi connectivity index (χ3v) is 3.32. The van der Waals surface area contributed by atoms with Crippen LogP contribution in [0.3, 0.4) is 0 Å². The van der Waals surface area contributed by atoms with Crippen LogP contribution in [0.1, 0.15) is 59.3 Å². The highest BCUT2D eigenvalue weighted by Gasteiger charge is 2.14. The Hall–Kier alpha value is -0.340. The van der Waals surface area contributed by atoms with Crippen LogP contribution in [0.2, 0.25) is 0 Å². The number of rotatable bonds is 6. The van der Waals surface area contributed by atoms with E-state index in [0.29, 0.717) is 12.1 Å². The Morgan fingerprint density at radius 1 is 1.24 bits per heavy atom. The predicted molar refractivity (Wildman–Crippen MR) is 74.3 cm³/mol. The minimum Gasteiger partial charge on any atom is -0.377 e. The van der Waals surface area contributed by atoms with Crippen molar-refractivity contribution in [3.05, 3.63) is 11.6 Å². The first-order valence-corrected chi connectivity index (χ1v) is 7.28. The van der Waals surface area contributed by atoms with Crippen molar-refractivity contribution >= 4 is 0 Å². The zero-order valence-electron chi connectivity index (χ0n) is 11.8. The monoisotopic (exact) mass is 239 g/mol. The fraction of sp³-hybridized carbons (Fsp3) is 0.867. The average molecular weight is 239 g/mol. The molecule has 2 heteroatoms. The van der Waals surface area contributed by atoms with Crippen molar-refractivity contribution in [2.75, 3.05) is 13.2 Å². The normalized spacial score (nSPS) is 19.6. The second-order valence-electron chi connectivity index (χ2n) is 5.22. The molecule has 0 aromatic rings. The highest BCUT2D eigenvalue weighted by molar-refractivity contribution is 5.11. The van der Waals surface area contributed by atoms with E-state index in [0.717, 1.165) is 13.2 Å². The first-order chi connectivity index (χ1) is 8.24. The second-order valence-corrected chi connectivity index (χ2v) is 5.22. The van der Waals surface area contributed by atoms with Crippen molar-refractivity contribution < 1.29 is 4.74 Å². The van der Waals surface area contributed by atoms with Gasteiger partial charge in [-0.3, -0.25) is 0 Å². The van der Waals surface area contributed by atoms with E-state index in [1.165, 1.54) is 38.5 Å². The molecule has 17 heavy (non-hydrogen) atoms. The first-order valence-electron chi connectivity index (χ1n) is 7.28. The highest BCUT2D eigenvalue weighted by atomic mass is 16.5. The van der Waals surface area contributed by atoms with E-state index in [2.05, 4.69) is 32.2 Å². The summed E-state index contributed by atoms with van der Waals surface area (Å²) < 4.78 is 5.78. The maximum Gasteiger partial charge on any atom is 0.0661 e. The Balaban J connectivity index is 2.52. The number of hydrogen-bond acceptors (Lipinski definition) is 2. The zero-order chi connectivity index (χ0) is 12.5. The van der Waals surface area contributed by atoms with Gasteiger partial charge in [-0.05, 0) is 46.1 Å². The van der Waals surface area contributed by atoms with Crippen LogP contribution < -0.4 is 5.32 Å². The Labute approximate surface area is 107 Å². The van der Waals surface area contributed by atoms with Crippen molar-refractivity contribution in [2.24, 2.45) is 0 Å². The molecule has 0 spiro atoms. The third kappa shape index (κ3) is 6.23. The smallest absolute Gasteiger partial charge is 0.0661 e. The third-order valence-electron chi connectivity index (χ3n) is 3.32. The molecule has 0 fully saturated rings. The van der Waals surface area contributed by atoms with Gasteiger partial charge in [0.2, 0.25) is 0 Å². The van der Waals surface area contributed by atoms with E-state index in [1.807, 2.05) is 0 Å². The topological polar surface area (TPSA) is 21.3 Å². The Bertz CT molecular complexity index is 223. The molecular formula is C15H29NO. The van der Waals surface area contributed by atoms with Gasteiger partial charge >= 0.3 is 0 Å². The highest BCUT2D eigenvalue weighted by Crippen LogP contribution is 2.20. The van der Waals surface area contributed by atoms with Gasteiger partial charge in [-0.2, -0.15) is 0 Å². The molecule has 100 valence electrons. The van der Waals surface area contributed by atoms with Crippen molar-refractivity contribution in [3.63, 3.8) is 0 Å². The molecule has 0 bridgehead atoms. The summed E-state index contributed by atoms with van der Waals surface area (Å²) in [6, 6.07) is 0.431. The summed E-state index contributed by atoms with van der Waals surface area (Å²) >= 11 is 0. The summed E-state index contributed by atoms with van der Waals surface area (Å²) in [5.41, 5.74) is 1.58. The second kappa shape index (κ2) is 8.71. The lowest BCUT2D eigenvalue weighted by Gasteiger charge is -2.24. The van der Waals surface area contributed by atoms with Gasteiger partial charge in [0.25, 0.3) is 0 Å². The molecule has 0 aromatic carbocycles. The summed E-state index contributed by atoms with van der Waals surface area (Å²) in [4.78, 5) is 0. The van der Waals surface area contributed by atoms with Gasteiger partial charge in [-0.25, -0.2) is 0 Å². The van der Waals surface area contributed by atoms with Crippen molar-refractivity contribution in [2.45, 2.75) is 71.4 Å². The average Bonchev–Trinajstić information content (AvgIpc) is 2.24. The molecule has 0 aliphatic heterocycles. The van der Waals surface area contributed by atoms with Gasteiger partial charge in [0.05, 0.1) is 18.8 Å². The number of hydrogen-bond donors (Lipinski definition) is 1. The van der Waals surface area contributed by atoms with E-state index in [9.17, 15) is 0 Å². The van der Waals surface area contributed by atoms with Gasteiger partial charge in [-0.15, -0.1) is 0 Å². The molecule has 0 saturated heterocycles. The van der Waals surface area contributed by atoms with Crippen LogP contribution in [0.25, 0.3) is 0 Å². The summed E-state index contributed by atoms with van der Waals surface area (Å²) in [5.74, 6) is 0. The number of ether oxygens (including phenoxy) is 1. The van der Waals surface area contributed by atoms with Gasteiger partial charge in [0, 0.05) is 0 Å². The van der Waals surface area contributed by atoms with Crippen LogP contribution in [0, 0.1) is 0 Å². The van der Waals surface area contributed by atoms with Crippen molar-refractivity contribution in [1.82, 2.24) is 5.32 Å². The lowest BCUT2D eigenvalue weighted by molar-refractivity contribution is 0.0671. The van der Waals surface area contributed by atoms with Crippen molar-refractivity contribution in [1.29, 1.82) is 0 Å². The van der Waals surface area contributed by atoms with Crippen molar-refractivity contribution in [3.8, 4) is 0 Å². The zero-order valence-corrected chi connectivity index (χ0v) is 11.8. The summed E-state index contributed by atoms with van der Waals surface area (Å²) in [7, 11) is 0. The minimum atomic E-state index is 0.324. The van der Waals surface area contributed by atoms with Crippen LogP contribution in [0.4, 0.5) is 0 Å². The van der Waals surface area contributed by atoms with Gasteiger partial charge in [-0.1, -0.05) is 31.4 Å². The molecule has 2 nitrogen and oxygen atoms in total. The molecule has 0 aromatic heterocycles. The van der Waals surface area contributed by atoms with E-state index in [4.69, 9.17) is 4.74 Å². The van der Waals surface area contributed by atoms with E-state index < -0.39 is 0 Å². The fourth-order valence-electron chi connectivity index (χ4n) is 2.37. The Morgan fingerprint density at radius 3 is 2.71 bits per heavy atom. The minimum absolute atomic E-state index is 0.324. The summed E-state index contributed by atoms with van der Waals surface area (Å²) in [6.07, 6.45) is 10.8. The lowest BCUT2D eigenvalue weighted by Crippen LogP contribution is -2.36. The van der Waals surface area contributed by atoms with E-state index in [1.54, 1.807) is 5.57 Å². The SMILES string of the molecule is CCNC(COC(C)C)C1=CCCCCCC1. The maximum atomic E-state index is 5.78. The molecule has 0 radical (unpaired) electrons. The van der Waals surface area contributed by atoms with E-state index >= 15 is 0 Å². The largest absolute Gasteiger partial charge is 0.377 e. The number of nitrogens with one attached hydrogen (secondary N) is 1. The first kappa shape index (κ1) is 14.7. The lowest BCUT2D eigenvalue weighted by atomic mass is 9.95. The standard InChI is InChI=1S/C15H29NO/c1-4-16-15(12-17-13(2)3)14-10-8-6-5-7-9-11-14/h10,13,15-16H,4-9,11-12H2,1-3H3. The molecule has 0 amide bonds. The summed E-state index contributed by atoms with van der Waals surface area (Å²) in [6.45, 7) is 8.22. The molecular weight excluding hydrogens is 210 g/mol. The van der Waals surface area contributed by atoms with Crippen LogP contribution >= 0.6 is 0 Å². The molecule has 1 unspecified atom stereocenters. The van der Waals surface area contributed by atoms with Gasteiger partial charge in [0.1, 0.15) is 0 Å². The van der Waals surface area contributed by atoms with Gasteiger partial charge in [0.15, 0.2) is 0 Å². The Morgan fingerprint density at radius 2 is 2.00 bits per heavy atom.